The molecule has 0 saturated carbocycles. The van der Waals surface area contributed by atoms with Gasteiger partial charge in [0.15, 0.2) is 0 Å². The van der Waals surface area contributed by atoms with Crippen LogP contribution in [0.5, 0.6) is 0 Å². The number of carbonyl (C=O) groups is 1. The van der Waals surface area contributed by atoms with E-state index in [-0.39, 0.29) is 13.0 Å². The van der Waals surface area contributed by atoms with Crippen LogP contribution in [0.15, 0.2) is 30.3 Å². The van der Waals surface area contributed by atoms with Gasteiger partial charge in [0.25, 0.3) is 6.43 Å². The molecule has 1 heterocycles. The number of halogens is 3. The van der Waals surface area contributed by atoms with Crippen molar-refractivity contribution in [2.24, 2.45) is 0 Å². The summed E-state index contributed by atoms with van der Waals surface area (Å²) < 4.78 is 40.7. The van der Waals surface area contributed by atoms with Crippen molar-refractivity contribution in [3.05, 3.63) is 35.9 Å². The fraction of sp³-hybridized carbons (Fsp3) is 0.533. The average molecular weight is 316 g/mol. The van der Waals surface area contributed by atoms with E-state index in [2.05, 4.69) is 5.32 Å². The summed E-state index contributed by atoms with van der Waals surface area (Å²) >= 11 is 0. The van der Waals surface area contributed by atoms with Gasteiger partial charge in [0, 0.05) is 20.0 Å². The molecule has 0 unspecified atom stereocenters. The molecule has 2 rings (SSSR count). The number of likely N-dealkylation sites (tertiary alicyclic amines) is 1. The molecule has 1 aromatic rings. The summed E-state index contributed by atoms with van der Waals surface area (Å²) in [5.74, 6) is -0.451. The minimum atomic E-state index is -2.90. The summed E-state index contributed by atoms with van der Waals surface area (Å²) in [5.41, 5.74) is 0.719. The van der Waals surface area contributed by atoms with Crippen LogP contribution in [0.4, 0.5) is 13.2 Å². The van der Waals surface area contributed by atoms with E-state index in [4.69, 9.17) is 0 Å². The largest absolute Gasteiger partial charge is 0.388 e. The maximum atomic E-state index is 14.2. The monoisotopic (exact) mass is 316 g/mol. The molecule has 22 heavy (non-hydrogen) atoms. The van der Waals surface area contributed by atoms with Gasteiger partial charge in [-0.3, -0.25) is 9.69 Å². The second-order valence-corrected chi connectivity index (χ2v) is 5.36. The Kier molecular flexibility index (Phi) is 5.42. The Hall–Kier alpha value is -1.60. The van der Waals surface area contributed by atoms with E-state index in [1.807, 2.05) is 0 Å². The summed E-state index contributed by atoms with van der Waals surface area (Å²) in [6.07, 6.45) is -6.87. The summed E-state index contributed by atoms with van der Waals surface area (Å²) in [6, 6.07) is 6.06. The molecule has 1 aromatic carbocycles. The second kappa shape index (κ2) is 7.11. The smallest absolute Gasteiger partial charge is 0.256 e. The fourth-order valence-electron chi connectivity index (χ4n) is 2.85. The zero-order valence-corrected chi connectivity index (χ0v) is 12.1. The maximum Gasteiger partial charge on any atom is 0.256 e. The SMILES string of the molecule is CNC(=O)C[C@@H]1[C@@H](F)[C@H](O)[C@@H](C(F)F)N1Cc1ccccc1. The molecule has 1 amide bonds. The molecule has 1 aliphatic rings. The average Bonchev–Trinajstić information content (AvgIpc) is 2.73. The van der Waals surface area contributed by atoms with Crippen molar-refractivity contribution in [3.8, 4) is 0 Å². The van der Waals surface area contributed by atoms with E-state index in [0.29, 0.717) is 0 Å². The molecule has 0 aliphatic carbocycles. The topological polar surface area (TPSA) is 52.6 Å². The van der Waals surface area contributed by atoms with E-state index in [0.717, 1.165) is 5.56 Å². The quantitative estimate of drug-likeness (QED) is 0.862. The molecule has 7 heteroatoms. The van der Waals surface area contributed by atoms with Crippen molar-refractivity contribution in [1.29, 1.82) is 0 Å². The number of rotatable bonds is 5. The molecule has 4 nitrogen and oxygen atoms in total. The standard InChI is InChI=1S/C15H19F3N2O2/c1-19-11(21)7-10-12(16)14(22)13(15(17)18)20(10)8-9-5-3-2-4-6-9/h2-6,10,12-15,22H,7-8H2,1H3,(H,19,21)/t10-,12-,13+,14+/m1/s1. The predicted molar refractivity (Wildman–Crippen MR) is 75.2 cm³/mol. The van der Waals surface area contributed by atoms with Gasteiger partial charge >= 0.3 is 0 Å². The summed E-state index contributed by atoms with van der Waals surface area (Å²) in [5, 5.41) is 12.2. The van der Waals surface area contributed by atoms with Crippen molar-refractivity contribution < 1.29 is 23.1 Å². The molecule has 1 fully saturated rings. The van der Waals surface area contributed by atoms with Crippen LogP contribution < -0.4 is 5.32 Å². The van der Waals surface area contributed by atoms with E-state index in [1.54, 1.807) is 30.3 Å². The molecular formula is C15H19F3N2O2. The zero-order chi connectivity index (χ0) is 16.3. The number of alkyl halides is 3. The number of amides is 1. The van der Waals surface area contributed by atoms with Gasteiger partial charge in [-0.2, -0.15) is 0 Å². The molecule has 0 radical (unpaired) electrons. The van der Waals surface area contributed by atoms with Crippen LogP contribution in [0.3, 0.4) is 0 Å². The Labute approximate surface area is 126 Å². The van der Waals surface area contributed by atoms with Crippen molar-refractivity contribution in [3.63, 3.8) is 0 Å². The molecule has 4 atom stereocenters. The highest BCUT2D eigenvalue weighted by Crippen LogP contribution is 2.34. The van der Waals surface area contributed by atoms with Crippen LogP contribution in [0, 0.1) is 0 Å². The highest BCUT2D eigenvalue weighted by atomic mass is 19.3. The first-order chi connectivity index (χ1) is 10.5. The molecule has 2 N–H and O–H groups in total. The number of aliphatic hydroxyl groups is 1. The Bertz CT molecular complexity index is 501. The highest BCUT2D eigenvalue weighted by Gasteiger charge is 2.52. The number of benzene rings is 1. The lowest BCUT2D eigenvalue weighted by atomic mass is 10.1. The third-order valence-corrected chi connectivity index (χ3v) is 3.99. The summed E-state index contributed by atoms with van der Waals surface area (Å²) in [6.45, 7) is 0.0506. The zero-order valence-electron chi connectivity index (χ0n) is 12.1. The van der Waals surface area contributed by atoms with E-state index >= 15 is 0 Å². The number of aliphatic hydroxyl groups excluding tert-OH is 1. The molecule has 1 saturated heterocycles. The van der Waals surface area contributed by atoms with E-state index in [1.165, 1.54) is 11.9 Å². The molecular weight excluding hydrogens is 297 g/mol. The summed E-state index contributed by atoms with van der Waals surface area (Å²) in [4.78, 5) is 12.7. The third-order valence-electron chi connectivity index (χ3n) is 3.99. The second-order valence-electron chi connectivity index (χ2n) is 5.36. The van der Waals surface area contributed by atoms with Gasteiger partial charge in [-0.1, -0.05) is 30.3 Å². The Balaban J connectivity index is 2.26. The molecule has 122 valence electrons. The maximum absolute atomic E-state index is 14.2. The first-order valence-electron chi connectivity index (χ1n) is 7.06. The number of carbonyl (C=O) groups excluding carboxylic acids is 1. The normalized spacial score (nSPS) is 29.0. The lowest BCUT2D eigenvalue weighted by Crippen LogP contribution is -2.44. The number of nitrogens with zero attached hydrogens (tertiary/aromatic N) is 1. The van der Waals surface area contributed by atoms with E-state index in [9.17, 15) is 23.1 Å². The lowest BCUT2D eigenvalue weighted by molar-refractivity contribution is -0.122. The van der Waals surface area contributed by atoms with Crippen molar-refractivity contribution >= 4 is 5.91 Å². The van der Waals surface area contributed by atoms with Gasteiger partial charge in [-0.05, 0) is 5.56 Å². The van der Waals surface area contributed by atoms with E-state index < -0.39 is 36.7 Å². The van der Waals surface area contributed by atoms with Crippen LogP contribution in [-0.4, -0.2) is 53.7 Å². The Morgan fingerprint density at radius 2 is 2.00 bits per heavy atom. The molecule has 0 bridgehead atoms. The number of hydrogen-bond acceptors (Lipinski definition) is 3. The van der Waals surface area contributed by atoms with Crippen LogP contribution in [0.1, 0.15) is 12.0 Å². The third kappa shape index (κ3) is 3.41. The van der Waals surface area contributed by atoms with Gasteiger partial charge in [0.2, 0.25) is 5.91 Å². The first-order valence-corrected chi connectivity index (χ1v) is 7.06. The van der Waals surface area contributed by atoms with Crippen molar-refractivity contribution in [2.75, 3.05) is 7.05 Å². The van der Waals surface area contributed by atoms with Gasteiger partial charge in [0.05, 0.1) is 6.04 Å². The molecule has 0 spiro atoms. The minimum absolute atomic E-state index is 0.0506. The number of nitrogens with one attached hydrogen (secondary N) is 1. The minimum Gasteiger partial charge on any atom is -0.388 e. The van der Waals surface area contributed by atoms with Gasteiger partial charge in [-0.25, -0.2) is 13.2 Å². The summed E-state index contributed by atoms with van der Waals surface area (Å²) in [7, 11) is 1.40. The number of hydrogen-bond donors (Lipinski definition) is 2. The Morgan fingerprint density at radius 3 is 2.55 bits per heavy atom. The molecule has 1 aliphatic heterocycles. The predicted octanol–water partition coefficient (Wildman–Crippen LogP) is 1.34. The van der Waals surface area contributed by atoms with Crippen LogP contribution in [-0.2, 0) is 11.3 Å². The van der Waals surface area contributed by atoms with Crippen molar-refractivity contribution in [2.45, 2.75) is 43.8 Å². The lowest BCUT2D eigenvalue weighted by Gasteiger charge is -2.29. The van der Waals surface area contributed by atoms with Crippen LogP contribution in [0.2, 0.25) is 0 Å². The molecule has 0 aromatic heterocycles. The van der Waals surface area contributed by atoms with Crippen molar-refractivity contribution in [1.82, 2.24) is 10.2 Å². The fourth-order valence-corrected chi connectivity index (χ4v) is 2.85. The first kappa shape index (κ1) is 16.8. The van der Waals surface area contributed by atoms with Gasteiger partial charge < -0.3 is 10.4 Å². The van der Waals surface area contributed by atoms with Gasteiger partial charge in [-0.15, -0.1) is 0 Å². The Morgan fingerprint density at radius 1 is 1.36 bits per heavy atom. The van der Waals surface area contributed by atoms with Crippen LogP contribution in [0.25, 0.3) is 0 Å². The van der Waals surface area contributed by atoms with Gasteiger partial charge in [0.1, 0.15) is 18.3 Å². The van der Waals surface area contributed by atoms with Crippen LogP contribution >= 0.6 is 0 Å². The highest BCUT2D eigenvalue weighted by molar-refractivity contribution is 5.76.